The molecule has 0 aliphatic carbocycles. The molecule has 0 atom stereocenters. The normalized spacial score (nSPS) is 10.1. The summed E-state index contributed by atoms with van der Waals surface area (Å²) in [4.78, 5) is 22.8. The van der Waals surface area contributed by atoms with Crippen molar-refractivity contribution in [3.8, 4) is 11.5 Å². The van der Waals surface area contributed by atoms with Crippen LogP contribution >= 0.6 is 0 Å². The summed E-state index contributed by atoms with van der Waals surface area (Å²) in [5, 5.41) is 0. The number of ether oxygens (including phenoxy) is 6. The van der Waals surface area contributed by atoms with Crippen molar-refractivity contribution in [3.63, 3.8) is 0 Å². The fraction of sp³-hybridized carbons (Fsp3) is 0.300. The summed E-state index contributed by atoms with van der Waals surface area (Å²) in [6.45, 7) is 1.19. The minimum Gasteiger partial charge on any atom is -0.432 e. The number of carbonyl (C=O) groups excluding carboxylic acids is 2. The van der Waals surface area contributed by atoms with Crippen molar-refractivity contribution in [3.05, 3.63) is 60.7 Å². The van der Waals surface area contributed by atoms with Gasteiger partial charge in [0.25, 0.3) is 0 Å². The summed E-state index contributed by atoms with van der Waals surface area (Å²) >= 11 is 0. The maximum absolute atomic E-state index is 11.4. The summed E-state index contributed by atoms with van der Waals surface area (Å²) in [6.07, 6.45) is -1.57. The molecule has 0 N–H and O–H groups in total. The van der Waals surface area contributed by atoms with Gasteiger partial charge >= 0.3 is 12.3 Å². The average molecular weight is 390 g/mol. The van der Waals surface area contributed by atoms with Crippen LogP contribution in [0.25, 0.3) is 0 Å². The van der Waals surface area contributed by atoms with E-state index in [9.17, 15) is 9.59 Å². The molecule has 0 fully saturated rings. The van der Waals surface area contributed by atoms with Crippen molar-refractivity contribution in [2.24, 2.45) is 0 Å². The Bertz CT molecular complexity index is 628. The van der Waals surface area contributed by atoms with E-state index >= 15 is 0 Å². The zero-order valence-corrected chi connectivity index (χ0v) is 15.3. The number of carbonyl (C=O) groups is 2. The Labute approximate surface area is 162 Å². The number of para-hydroxylation sites is 2. The second-order valence-corrected chi connectivity index (χ2v) is 5.25. The smallest absolute Gasteiger partial charge is 0.432 e. The SMILES string of the molecule is O=C(OCCOCCOCCOC(=O)Oc1ccccc1)Oc1ccccc1. The van der Waals surface area contributed by atoms with E-state index in [1.54, 1.807) is 48.5 Å². The van der Waals surface area contributed by atoms with Gasteiger partial charge in [-0.25, -0.2) is 9.59 Å². The molecule has 2 aromatic carbocycles. The maximum Gasteiger partial charge on any atom is 0.513 e. The van der Waals surface area contributed by atoms with Crippen LogP contribution in [0.1, 0.15) is 0 Å². The van der Waals surface area contributed by atoms with Crippen LogP contribution < -0.4 is 9.47 Å². The molecule has 2 aromatic rings. The number of benzene rings is 2. The van der Waals surface area contributed by atoms with Gasteiger partial charge in [-0.05, 0) is 24.3 Å². The summed E-state index contributed by atoms with van der Waals surface area (Å²) < 4.78 is 30.1. The highest BCUT2D eigenvalue weighted by atomic mass is 16.7. The number of hydrogen-bond donors (Lipinski definition) is 0. The lowest BCUT2D eigenvalue weighted by atomic mass is 10.3. The molecule has 0 aromatic heterocycles. The summed E-state index contributed by atoms with van der Waals surface area (Å²) in [5.41, 5.74) is 0. The fourth-order valence-corrected chi connectivity index (χ4v) is 1.92. The van der Waals surface area contributed by atoms with Crippen LogP contribution in [0.4, 0.5) is 9.59 Å². The van der Waals surface area contributed by atoms with Crippen LogP contribution in [0.3, 0.4) is 0 Å². The van der Waals surface area contributed by atoms with Crippen molar-refractivity contribution in [2.75, 3.05) is 39.6 Å². The van der Waals surface area contributed by atoms with Gasteiger partial charge in [0.2, 0.25) is 0 Å². The van der Waals surface area contributed by atoms with Crippen LogP contribution in [0, 0.1) is 0 Å². The van der Waals surface area contributed by atoms with Gasteiger partial charge < -0.3 is 28.4 Å². The Morgan fingerprint density at radius 3 is 1.29 bits per heavy atom. The summed E-state index contributed by atoms with van der Waals surface area (Å²) in [7, 11) is 0. The first-order chi connectivity index (χ1) is 13.7. The molecule has 2 rings (SSSR count). The Morgan fingerprint density at radius 1 is 0.536 bits per heavy atom. The zero-order chi connectivity index (χ0) is 19.9. The highest BCUT2D eigenvalue weighted by molar-refractivity contribution is 5.64. The van der Waals surface area contributed by atoms with Gasteiger partial charge in [0.1, 0.15) is 24.7 Å². The Morgan fingerprint density at radius 2 is 0.893 bits per heavy atom. The second-order valence-electron chi connectivity index (χ2n) is 5.25. The van der Waals surface area contributed by atoms with Crippen molar-refractivity contribution in [1.82, 2.24) is 0 Å². The Hall–Kier alpha value is -3.10. The van der Waals surface area contributed by atoms with E-state index in [2.05, 4.69) is 0 Å². The molecular weight excluding hydrogens is 368 g/mol. The summed E-state index contributed by atoms with van der Waals surface area (Å²) in [6, 6.07) is 17.3. The topological polar surface area (TPSA) is 89.5 Å². The minimum absolute atomic E-state index is 0.0695. The van der Waals surface area contributed by atoms with Crippen molar-refractivity contribution in [1.29, 1.82) is 0 Å². The molecule has 0 aliphatic heterocycles. The third-order valence-corrected chi connectivity index (χ3v) is 3.16. The third kappa shape index (κ3) is 9.56. The molecule has 0 radical (unpaired) electrons. The summed E-state index contributed by atoms with van der Waals surface area (Å²) in [5.74, 6) is 0.827. The first kappa shape index (κ1) is 21.2. The zero-order valence-electron chi connectivity index (χ0n) is 15.3. The Kier molecular flexibility index (Phi) is 9.94. The molecule has 8 heteroatoms. The molecule has 0 unspecified atom stereocenters. The van der Waals surface area contributed by atoms with E-state index in [-0.39, 0.29) is 26.4 Å². The van der Waals surface area contributed by atoms with Gasteiger partial charge in [0.15, 0.2) is 0 Å². The van der Waals surface area contributed by atoms with Crippen LogP contribution in [0.2, 0.25) is 0 Å². The molecule has 0 spiro atoms. The van der Waals surface area contributed by atoms with Gasteiger partial charge in [0, 0.05) is 0 Å². The molecule has 0 amide bonds. The molecule has 0 aliphatic rings. The maximum atomic E-state index is 11.4. The van der Waals surface area contributed by atoms with E-state index < -0.39 is 12.3 Å². The Balaban J connectivity index is 1.37. The lowest BCUT2D eigenvalue weighted by molar-refractivity contribution is 0.00679. The molecule has 0 saturated carbocycles. The van der Waals surface area contributed by atoms with E-state index in [0.29, 0.717) is 24.7 Å². The highest BCUT2D eigenvalue weighted by Crippen LogP contribution is 2.09. The molecule has 28 heavy (non-hydrogen) atoms. The van der Waals surface area contributed by atoms with Crippen LogP contribution in [0.15, 0.2) is 60.7 Å². The van der Waals surface area contributed by atoms with Gasteiger partial charge in [-0.3, -0.25) is 0 Å². The van der Waals surface area contributed by atoms with Crippen LogP contribution in [-0.2, 0) is 18.9 Å². The van der Waals surface area contributed by atoms with Crippen molar-refractivity contribution >= 4 is 12.3 Å². The predicted octanol–water partition coefficient (Wildman–Crippen LogP) is 3.45. The number of rotatable bonds is 11. The molecule has 0 heterocycles. The molecule has 0 saturated heterocycles. The van der Waals surface area contributed by atoms with E-state index in [0.717, 1.165) is 0 Å². The minimum atomic E-state index is -0.786. The lowest BCUT2D eigenvalue weighted by Gasteiger charge is -2.08. The fourth-order valence-electron chi connectivity index (χ4n) is 1.92. The third-order valence-electron chi connectivity index (χ3n) is 3.16. The quantitative estimate of drug-likeness (QED) is 0.327. The second kappa shape index (κ2) is 13.1. The molecule has 150 valence electrons. The molecule has 0 bridgehead atoms. The highest BCUT2D eigenvalue weighted by Gasteiger charge is 2.06. The van der Waals surface area contributed by atoms with Crippen molar-refractivity contribution in [2.45, 2.75) is 0 Å². The van der Waals surface area contributed by atoms with E-state index in [4.69, 9.17) is 28.4 Å². The lowest BCUT2D eigenvalue weighted by Crippen LogP contribution is -2.17. The van der Waals surface area contributed by atoms with Crippen LogP contribution in [0.5, 0.6) is 11.5 Å². The van der Waals surface area contributed by atoms with Gasteiger partial charge in [0.05, 0.1) is 26.4 Å². The average Bonchev–Trinajstić information content (AvgIpc) is 2.71. The monoisotopic (exact) mass is 390 g/mol. The molecular formula is C20H22O8. The largest absolute Gasteiger partial charge is 0.513 e. The molecule has 8 nitrogen and oxygen atoms in total. The van der Waals surface area contributed by atoms with Gasteiger partial charge in [-0.2, -0.15) is 0 Å². The number of hydrogen-bond acceptors (Lipinski definition) is 8. The standard InChI is InChI=1S/C20H22O8/c21-19(27-17-7-3-1-4-8-17)25-15-13-23-11-12-24-14-16-26-20(22)28-18-9-5-2-6-10-18/h1-10H,11-16H2. The first-order valence-electron chi connectivity index (χ1n) is 8.69. The first-order valence-corrected chi connectivity index (χ1v) is 8.69. The van der Waals surface area contributed by atoms with E-state index in [1.807, 2.05) is 12.1 Å². The predicted molar refractivity (Wildman–Crippen MR) is 98.5 cm³/mol. The van der Waals surface area contributed by atoms with Crippen molar-refractivity contribution < 1.29 is 38.0 Å². The van der Waals surface area contributed by atoms with E-state index in [1.165, 1.54) is 0 Å². The van der Waals surface area contributed by atoms with Crippen LogP contribution in [-0.4, -0.2) is 52.0 Å². The van der Waals surface area contributed by atoms with Gasteiger partial charge in [-0.1, -0.05) is 36.4 Å². The van der Waals surface area contributed by atoms with Gasteiger partial charge in [-0.15, -0.1) is 0 Å².